The van der Waals surface area contributed by atoms with Gasteiger partial charge in [0.1, 0.15) is 5.82 Å². The van der Waals surface area contributed by atoms with Crippen LogP contribution in [0.25, 0.3) is 0 Å². The summed E-state index contributed by atoms with van der Waals surface area (Å²) in [5.74, 6) is 5.09. The van der Waals surface area contributed by atoms with E-state index < -0.39 is 0 Å². The van der Waals surface area contributed by atoms with Crippen LogP contribution in [0.15, 0.2) is 24.4 Å². The molecular weight excluding hydrogens is 954 g/mol. The van der Waals surface area contributed by atoms with Crippen molar-refractivity contribution in [3.63, 3.8) is 0 Å². The second-order valence-electron chi connectivity index (χ2n) is 12.9. The molecule has 2 aliphatic heterocycles. The predicted molar refractivity (Wildman–Crippen MR) is 189 cm³/mol. The van der Waals surface area contributed by atoms with E-state index in [9.17, 15) is 0 Å². The SMILES string of the molecule is C1CC(OC2C[C@H]3CC[C@@H](C2)C3)CCN1.I.I[I-]I.c1ccc(N2CCC(OC3C[C@H]4CC[C@@H](C3)C4)CC2)nc1. The molecule has 0 spiro atoms. The summed E-state index contributed by atoms with van der Waals surface area (Å²) in [6, 6.07) is 6.17. The fourth-order valence-electron chi connectivity index (χ4n) is 8.35. The Morgan fingerprint density at radius 2 is 1.15 bits per heavy atom. The molecule has 5 nitrogen and oxygen atoms in total. The van der Waals surface area contributed by atoms with Gasteiger partial charge in [-0.25, -0.2) is 4.98 Å². The van der Waals surface area contributed by atoms with Gasteiger partial charge in [-0.15, -0.1) is 24.0 Å². The number of halogens is 4. The third-order valence-corrected chi connectivity index (χ3v) is 10.2. The number of aromatic nitrogens is 1. The molecule has 6 aliphatic rings. The van der Waals surface area contributed by atoms with E-state index in [-0.39, 0.29) is 24.0 Å². The molecule has 0 aromatic carbocycles. The summed E-state index contributed by atoms with van der Waals surface area (Å²) in [6.07, 6.45) is 23.1. The molecule has 1 aromatic heterocycles. The third kappa shape index (κ3) is 11.0. The fraction of sp³-hybridized carbons (Fsp3) is 0.839. The van der Waals surface area contributed by atoms with Crippen LogP contribution < -0.4 is 23.5 Å². The molecule has 2 unspecified atom stereocenters. The molecule has 4 aliphatic carbocycles. The van der Waals surface area contributed by atoms with E-state index in [1.165, 1.54) is 77.0 Å². The summed E-state index contributed by atoms with van der Waals surface area (Å²) in [5, 5.41) is 3.40. The molecule has 1 N–H and O–H groups in total. The van der Waals surface area contributed by atoms with E-state index in [4.69, 9.17) is 9.47 Å². The summed E-state index contributed by atoms with van der Waals surface area (Å²) in [5.41, 5.74) is 0. The summed E-state index contributed by atoms with van der Waals surface area (Å²) in [4.78, 5) is 6.85. The van der Waals surface area contributed by atoms with E-state index in [2.05, 4.69) is 64.6 Å². The normalized spacial score (nSPS) is 33.8. The van der Waals surface area contributed by atoms with Crippen molar-refractivity contribution in [2.75, 3.05) is 31.1 Å². The van der Waals surface area contributed by atoms with Gasteiger partial charge in [0.15, 0.2) is 0 Å². The van der Waals surface area contributed by atoms with Gasteiger partial charge >= 0.3 is 50.5 Å². The summed E-state index contributed by atoms with van der Waals surface area (Å²) < 4.78 is 12.7. The van der Waals surface area contributed by atoms with Crippen LogP contribution in [-0.4, -0.2) is 55.6 Å². The number of fused-ring (bicyclic) bond motifs is 4. The molecule has 6 atom stereocenters. The number of pyridine rings is 1. The number of hydrogen-bond acceptors (Lipinski definition) is 5. The maximum absolute atomic E-state index is 6.45. The first-order valence-corrected chi connectivity index (χ1v) is 28.3. The molecule has 0 radical (unpaired) electrons. The minimum absolute atomic E-state index is 0. The van der Waals surface area contributed by atoms with Crippen molar-refractivity contribution >= 4 is 67.0 Å². The molecule has 40 heavy (non-hydrogen) atoms. The van der Waals surface area contributed by atoms with Crippen LogP contribution in [-0.2, 0) is 9.47 Å². The van der Waals surface area contributed by atoms with Gasteiger partial charge in [0.25, 0.3) is 0 Å². The Labute approximate surface area is 290 Å². The minimum atomic E-state index is 0. The second kappa shape index (κ2) is 18.7. The number of piperidine rings is 2. The molecule has 230 valence electrons. The average Bonchev–Trinajstić information content (AvgIpc) is 3.50. The van der Waals surface area contributed by atoms with E-state index >= 15 is 0 Å². The van der Waals surface area contributed by atoms with Gasteiger partial charge in [-0.05, 0) is 113 Å². The van der Waals surface area contributed by atoms with E-state index in [1.807, 2.05) is 12.3 Å². The first kappa shape index (κ1) is 34.6. The van der Waals surface area contributed by atoms with Gasteiger partial charge in [0.2, 0.25) is 0 Å². The van der Waals surface area contributed by atoms with Gasteiger partial charge in [0, 0.05) is 19.3 Å². The van der Waals surface area contributed by atoms with Crippen molar-refractivity contribution in [2.45, 2.75) is 114 Å². The van der Waals surface area contributed by atoms with Gasteiger partial charge in [0.05, 0.1) is 24.4 Å². The van der Waals surface area contributed by atoms with Crippen molar-refractivity contribution < 1.29 is 22.7 Å². The van der Waals surface area contributed by atoms with Gasteiger partial charge in [-0.3, -0.25) is 0 Å². The molecule has 7 rings (SSSR count). The molecule has 4 bridgehead atoms. The van der Waals surface area contributed by atoms with Crippen LogP contribution in [0.2, 0.25) is 0 Å². The number of ether oxygens (including phenoxy) is 2. The van der Waals surface area contributed by atoms with E-state index in [1.54, 1.807) is 0 Å². The van der Waals surface area contributed by atoms with Crippen molar-refractivity contribution in [3.8, 4) is 0 Å². The molecular formula is C31H50I4N3O2-. The molecule has 1 aromatic rings. The smallest absolute Gasteiger partial charge is 0.128 e. The molecule has 2 saturated heterocycles. The van der Waals surface area contributed by atoms with Crippen LogP contribution in [0.5, 0.6) is 0 Å². The largest absolute Gasteiger partial charge is 0.375 e. The number of rotatable bonds is 5. The van der Waals surface area contributed by atoms with Crippen LogP contribution in [0.4, 0.5) is 5.82 Å². The van der Waals surface area contributed by atoms with Gasteiger partial charge in [-0.2, -0.15) is 0 Å². The van der Waals surface area contributed by atoms with Crippen LogP contribution in [0.1, 0.15) is 89.9 Å². The van der Waals surface area contributed by atoms with Crippen molar-refractivity contribution in [2.24, 2.45) is 23.7 Å². The van der Waals surface area contributed by atoms with Gasteiger partial charge in [-0.1, -0.05) is 31.7 Å². The minimum Gasteiger partial charge on any atom is -0.375 e. The van der Waals surface area contributed by atoms with Crippen LogP contribution in [0.3, 0.4) is 0 Å². The third-order valence-electron chi connectivity index (χ3n) is 10.2. The molecule has 3 heterocycles. The standard InChI is InChI=1S/C18H26N2O.C13H23NO.I3.HI/c1-2-8-19-18(3-1)20-9-6-16(7-10-20)21-17-12-14-4-5-15(11-14)13-17;1-2-11-7-10(1)8-13(9-11)15-12-3-5-14-6-4-12;1-3-2;/h1-3,8,14-17H,4-7,9-13H2;10-14H,1-9H2;;1H/q;;-1;/t14-,15+,17?;10-,11+,13?;;. The van der Waals surface area contributed by atoms with Crippen molar-refractivity contribution in [1.29, 1.82) is 0 Å². The number of nitrogens with zero attached hydrogens (tertiary/aromatic N) is 2. The van der Waals surface area contributed by atoms with E-state index in [0.29, 0.717) is 37.7 Å². The summed E-state index contributed by atoms with van der Waals surface area (Å²) in [6.45, 7) is 4.48. The second-order valence-corrected chi connectivity index (χ2v) is 29.2. The number of nitrogens with one attached hydrogen (secondary N) is 1. The van der Waals surface area contributed by atoms with Crippen molar-refractivity contribution in [3.05, 3.63) is 24.4 Å². The Kier molecular flexibility index (Phi) is 16.1. The Bertz CT molecular complexity index is 802. The summed E-state index contributed by atoms with van der Waals surface area (Å²) >= 11 is 5.30. The van der Waals surface area contributed by atoms with Gasteiger partial charge < -0.3 is 19.7 Å². The zero-order valence-electron chi connectivity index (χ0n) is 23.9. The molecule has 6 fully saturated rings. The zero-order valence-corrected chi connectivity index (χ0v) is 32.7. The maximum atomic E-state index is 6.45. The predicted octanol–water partition coefficient (Wildman–Crippen LogP) is 5.37. The van der Waals surface area contributed by atoms with Crippen LogP contribution >= 0.6 is 61.2 Å². The topological polar surface area (TPSA) is 46.6 Å². The monoisotopic (exact) mass is 1000 g/mol. The molecule has 0 amide bonds. The maximum Gasteiger partial charge on any atom is 0.128 e. The van der Waals surface area contributed by atoms with Crippen molar-refractivity contribution in [1.82, 2.24) is 10.3 Å². The number of hydrogen-bond donors (Lipinski definition) is 1. The Hall–Kier alpha value is 1.75. The first-order chi connectivity index (χ1) is 19.2. The Balaban J connectivity index is 0.000000172. The number of anilines is 1. The fourth-order valence-corrected chi connectivity index (χ4v) is 8.35. The van der Waals surface area contributed by atoms with Crippen LogP contribution in [0, 0.1) is 23.7 Å². The summed E-state index contributed by atoms with van der Waals surface area (Å²) in [7, 11) is 0. The first-order valence-electron chi connectivity index (χ1n) is 15.7. The Morgan fingerprint density at radius 3 is 1.60 bits per heavy atom. The van der Waals surface area contributed by atoms with E-state index in [0.717, 1.165) is 68.5 Å². The zero-order chi connectivity index (χ0) is 26.9. The quantitative estimate of drug-likeness (QED) is 0.403. The molecule has 4 saturated carbocycles. The Morgan fingerprint density at radius 1 is 0.675 bits per heavy atom. The molecule has 9 heteroatoms. The average molecular weight is 1000 g/mol.